The summed E-state index contributed by atoms with van der Waals surface area (Å²) in [6.45, 7) is 8.91. The summed E-state index contributed by atoms with van der Waals surface area (Å²) in [5.41, 5.74) is 0.0829. The van der Waals surface area contributed by atoms with E-state index < -0.39 is 5.60 Å². The Balaban J connectivity index is 2.14. The van der Waals surface area contributed by atoms with Crippen molar-refractivity contribution in [3.05, 3.63) is 32.8 Å². The first kappa shape index (κ1) is 18.5. The van der Waals surface area contributed by atoms with E-state index in [2.05, 4.69) is 15.9 Å². The van der Waals surface area contributed by atoms with Crippen LogP contribution in [0.1, 0.15) is 27.7 Å². The number of ether oxygens (including phenoxy) is 1. The zero-order valence-corrected chi connectivity index (χ0v) is 15.9. The van der Waals surface area contributed by atoms with Gasteiger partial charge in [-0.2, -0.15) is 0 Å². The molecule has 0 aromatic heterocycles. The van der Waals surface area contributed by atoms with Gasteiger partial charge in [0.25, 0.3) is 5.69 Å². The van der Waals surface area contributed by atoms with Crippen molar-refractivity contribution in [1.82, 2.24) is 4.90 Å². The zero-order valence-electron chi connectivity index (χ0n) is 14.3. The van der Waals surface area contributed by atoms with Gasteiger partial charge in [-0.25, -0.2) is 4.79 Å². The van der Waals surface area contributed by atoms with Gasteiger partial charge in [0.15, 0.2) is 0 Å². The minimum Gasteiger partial charge on any atom is -0.444 e. The molecule has 0 unspecified atom stereocenters. The molecule has 0 radical (unpaired) electrons. The molecule has 1 atom stereocenters. The number of piperazine rings is 1. The second-order valence-corrected chi connectivity index (χ2v) is 7.77. The molecule has 132 valence electrons. The average molecular weight is 400 g/mol. The van der Waals surface area contributed by atoms with Crippen molar-refractivity contribution in [3.63, 3.8) is 0 Å². The molecule has 8 heteroatoms. The molecule has 2 rings (SSSR count). The topological polar surface area (TPSA) is 75.9 Å². The molecule has 1 aromatic carbocycles. The van der Waals surface area contributed by atoms with Gasteiger partial charge in [0.05, 0.1) is 4.92 Å². The number of benzene rings is 1. The smallest absolute Gasteiger partial charge is 0.410 e. The molecule has 1 aromatic rings. The summed E-state index contributed by atoms with van der Waals surface area (Å²) in [4.78, 5) is 26.8. The summed E-state index contributed by atoms with van der Waals surface area (Å²) in [5.74, 6) is 0. The van der Waals surface area contributed by atoms with Crippen molar-refractivity contribution in [3.8, 4) is 0 Å². The van der Waals surface area contributed by atoms with Gasteiger partial charge in [0.2, 0.25) is 0 Å². The number of carbonyl (C=O) groups is 1. The molecule has 0 aliphatic carbocycles. The Hall–Kier alpha value is -1.83. The summed E-state index contributed by atoms with van der Waals surface area (Å²) in [5, 5.41) is 11.3. The van der Waals surface area contributed by atoms with E-state index in [0.29, 0.717) is 29.8 Å². The maximum Gasteiger partial charge on any atom is 0.410 e. The number of hydrogen-bond acceptors (Lipinski definition) is 5. The molecule has 0 saturated carbocycles. The normalized spacial score (nSPS) is 18.5. The summed E-state index contributed by atoms with van der Waals surface area (Å²) < 4.78 is 6.09. The number of halogens is 1. The Bertz CT molecular complexity index is 645. The number of carbonyl (C=O) groups excluding carboxylic acids is 1. The molecule has 0 spiro atoms. The highest BCUT2D eigenvalue weighted by molar-refractivity contribution is 9.10. The van der Waals surface area contributed by atoms with E-state index in [1.165, 1.54) is 6.07 Å². The van der Waals surface area contributed by atoms with E-state index in [1.54, 1.807) is 17.0 Å². The van der Waals surface area contributed by atoms with E-state index in [1.807, 2.05) is 32.6 Å². The predicted molar refractivity (Wildman–Crippen MR) is 95.4 cm³/mol. The van der Waals surface area contributed by atoms with Crippen molar-refractivity contribution in [2.45, 2.75) is 39.3 Å². The SMILES string of the molecule is C[C@@H]1CN(c2ccc(Br)cc2[N+](=O)[O-])CCN1C(=O)OC(C)(C)C. The largest absolute Gasteiger partial charge is 0.444 e. The van der Waals surface area contributed by atoms with E-state index in [-0.39, 0.29) is 22.7 Å². The van der Waals surface area contributed by atoms with Gasteiger partial charge in [-0.15, -0.1) is 0 Å². The Kier molecular flexibility index (Phi) is 5.37. The first-order valence-electron chi connectivity index (χ1n) is 7.77. The second kappa shape index (κ2) is 6.96. The second-order valence-electron chi connectivity index (χ2n) is 6.86. The van der Waals surface area contributed by atoms with Crippen LogP contribution in [0, 0.1) is 10.1 Å². The first-order chi connectivity index (χ1) is 11.1. The lowest BCUT2D eigenvalue weighted by atomic mass is 10.1. The summed E-state index contributed by atoms with van der Waals surface area (Å²) >= 11 is 3.26. The van der Waals surface area contributed by atoms with Crippen LogP contribution in [0.25, 0.3) is 0 Å². The predicted octanol–water partition coefficient (Wildman–Crippen LogP) is 3.80. The third-order valence-electron chi connectivity index (χ3n) is 3.73. The van der Waals surface area contributed by atoms with Crippen LogP contribution in [0.4, 0.5) is 16.2 Å². The number of nitro benzene ring substituents is 1. The summed E-state index contributed by atoms with van der Waals surface area (Å²) in [6.07, 6.45) is -0.347. The van der Waals surface area contributed by atoms with Gasteiger partial charge in [0.1, 0.15) is 11.3 Å². The number of nitrogens with zero attached hydrogens (tertiary/aromatic N) is 3. The molecule has 1 fully saturated rings. The third kappa shape index (κ3) is 4.37. The third-order valence-corrected chi connectivity index (χ3v) is 4.22. The highest BCUT2D eigenvalue weighted by atomic mass is 79.9. The molecule has 0 N–H and O–H groups in total. The lowest BCUT2D eigenvalue weighted by Gasteiger charge is -2.41. The van der Waals surface area contributed by atoms with E-state index in [0.717, 1.165) is 0 Å². The minimum atomic E-state index is -0.543. The molecule has 1 heterocycles. The van der Waals surface area contributed by atoms with Gasteiger partial charge in [-0.1, -0.05) is 15.9 Å². The Labute approximate surface area is 149 Å². The molecule has 1 amide bonds. The number of hydrogen-bond donors (Lipinski definition) is 0. The Morgan fingerprint density at radius 1 is 1.38 bits per heavy atom. The van der Waals surface area contributed by atoms with Crippen LogP contribution in [-0.4, -0.2) is 47.2 Å². The van der Waals surface area contributed by atoms with E-state index in [4.69, 9.17) is 4.74 Å². The molecule has 1 saturated heterocycles. The van der Waals surface area contributed by atoms with Crippen LogP contribution in [0.2, 0.25) is 0 Å². The van der Waals surface area contributed by atoms with Crippen molar-refractivity contribution in [1.29, 1.82) is 0 Å². The molecule has 1 aliphatic heterocycles. The number of anilines is 1. The lowest BCUT2D eigenvalue weighted by molar-refractivity contribution is -0.384. The van der Waals surface area contributed by atoms with Crippen molar-refractivity contribution >= 4 is 33.4 Å². The molecule has 24 heavy (non-hydrogen) atoms. The first-order valence-corrected chi connectivity index (χ1v) is 8.56. The zero-order chi connectivity index (χ0) is 18.1. The fourth-order valence-electron chi connectivity index (χ4n) is 2.68. The van der Waals surface area contributed by atoms with Gasteiger partial charge >= 0.3 is 6.09 Å². The van der Waals surface area contributed by atoms with Crippen LogP contribution in [-0.2, 0) is 4.74 Å². The molecule has 7 nitrogen and oxygen atoms in total. The molecular formula is C16H22BrN3O4. The average Bonchev–Trinajstić information content (AvgIpc) is 2.44. The maximum atomic E-state index is 12.3. The summed E-state index contributed by atoms with van der Waals surface area (Å²) in [7, 11) is 0. The van der Waals surface area contributed by atoms with Crippen molar-refractivity contribution in [2.24, 2.45) is 0 Å². The van der Waals surface area contributed by atoms with Crippen LogP contribution >= 0.6 is 15.9 Å². The molecular weight excluding hydrogens is 378 g/mol. The minimum absolute atomic E-state index is 0.0577. The van der Waals surface area contributed by atoms with Crippen LogP contribution < -0.4 is 4.90 Å². The Morgan fingerprint density at radius 2 is 2.04 bits per heavy atom. The number of rotatable bonds is 2. The van der Waals surface area contributed by atoms with Crippen LogP contribution in [0.3, 0.4) is 0 Å². The quantitative estimate of drug-likeness (QED) is 0.558. The van der Waals surface area contributed by atoms with Gasteiger partial charge < -0.3 is 14.5 Å². The van der Waals surface area contributed by atoms with E-state index >= 15 is 0 Å². The number of nitro groups is 1. The van der Waals surface area contributed by atoms with Crippen molar-refractivity contribution in [2.75, 3.05) is 24.5 Å². The fraction of sp³-hybridized carbons (Fsp3) is 0.562. The highest BCUT2D eigenvalue weighted by Crippen LogP contribution is 2.32. The fourth-order valence-corrected chi connectivity index (χ4v) is 3.03. The Morgan fingerprint density at radius 3 is 2.58 bits per heavy atom. The van der Waals surface area contributed by atoms with Crippen LogP contribution in [0.5, 0.6) is 0 Å². The van der Waals surface area contributed by atoms with E-state index in [9.17, 15) is 14.9 Å². The molecule has 1 aliphatic rings. The van der Waals surface area contributed by atoms with Gasteiger partial charge in [-0.05, 0) is 39.8 Å². The molecule has 0 bridgehead atoms. The number of amides is 1. The maximum absolute atomic E-state index is 12.3. The lowest BCUT2D eigenvalue weighted by Crippen LogP contribution is -2.55. The van der Waals surface area contributed by atoms with Gasteiger partial charge in [-0.3, -0.25) is 10.1 Å². The highest BCUT2D eigenvalue weighted by Gasteiger charge is 2.32. The standard InChI is InChI=1S/C16H22BrN3O4/c1-11-10-18(7-8-19(11)15(21)24-16(2,3)4)13-6-5-12(17)9-14(13)20(22)23/h5-6,9,11H,7-8,10H2,1-4H3/t11-/m1/s1. The van der Waals surface area contributed by atoms with Crippen LogP contribution in [0.15, 0.2) is 22.7 Å². The van der Waals surface area contributed by atoms with Gasteiger partial charge in [0, 0.05) is 36.2 Å². The summed E-state index contributed by atoms with van der Waals surface area (Å²) in [6, 6.07) is 4.92. The van der Waals surface area contributed by atoms with Crippen molar-refractivity contribution < 1.29 is 14.5 Å². The monoisotopic (exact) mass is 399 g/mol.